The zero-order valence-corrected chi connectivity index (χ0v) is 17.4. The number of sulfonamides is 1. The lowest BCUT2D eigenvalue weighted by Crippen LogP contribution is -2.46. The molecule has 0 aliphatic carbocycles. The molecule has 0 saturated carbocycles. The lowest BCUT2D eigenvalue weighted by atomic mass is 10.1. The Balaban J connectivity index is 1.57. The summed E-state index contributed by atoms with van der Waals surface area (Å²) >= 11 is 4.99. The molecule has 3 heterocycles. The van der Waals surface area contributed by atoms with Crippen LogP contribution in [0.25, 0.3) is 10.7 Å². The van der Waals surface area contributed by atoms with Crippen molar-refractivity contribution in [2.75, 3.05) is 25.9 Å². The van der Waals surface area contributed by atoms with Crippen LogP contribution in [0.1, 0.15) is 25.7 Å². The molecule has 7 nitrogen and oxygen atoms in total. The molecule has 0 bridgehead atoms. The van der Waals surface area contributed by atoms with Crippen molar-refractivity contribution < 1.29 is 12.9 Å². The highest BCUT2D eigenvalue weighted by Crippen LogP contribution is 2.29. The van der Waals surface area contributed by atoms with Crippen LogP contribution in [-0.2, 0) is 16.6 Å². The van der Waals surface area contributed by atoms with Crippen molar-refractivity contribution in [3.8, 4) is 10.7 Å². The van der Waals surface area contributed by atoms with Gasteiger partial charge in [-0.3, -0.25) is 4.90 Å². The molecule has 0 radical (unpaired) electrons. The topological polar surface area (TPSA) is 79.5 Å². The molecule has 1 aliphatic rings. The Morgan fingerprint density at radius 1 is 1.40 bits per heavy atom. The highest BCUT2D eigenvalue weighted by atomic mass is 79.9. The summed E-state index contributed by atoms with van der Waals surface area (Å²) in [5, 5.41) is 4.04. The minimum absolute atomic E-state index is 0.0814. The average Bonchev–Trinajstić information content (AvgIpc) is 3.17. The molecule has 25 heavy (non-hydrogen) atoms. The molecular weight excluding hydrogens is 428 g/mol. The van der Waals surface area contributed by atoms with Crippen LogP contribution in [0.15, 0.2) is 20.4 Å². The predicted molar refractivity (Wildman–Crippen MR) is 101 cm³/mol. The Morgan fingerprint density at radius 2 is 2.12 bits per heavy atom. The van der Waals surface area contributed by atoms with E-state index in [-0.39, 0.29) is 6.04 Å². The fraction of sp³-hybridized carbons (Fsp3) is 0.600. The number of rotatable bonds is 6. The van der Waals surface area contributed by atoms with Gasteiger partial charge in [0, 0.05) is 25.7 Å². The molecule has 138 valence electrons. The Bertz CT molecular complexity index is 812. The van der Waals surface area contributed by atoms with Crippen LogP contribution >= 0.6 is 27.3 Å². The van der Waals surface area contributed by atoms with Crippen LogP contribution < -0.4 is 0 Å². The maximum absolute atomic E-state index is 11.9. The fourth-order valence-electron chi connectivity index (χ4n) is 3.17. The summed E-state index contributed by atoms with van der Waals surface area (Å²) in [6.07, 6.45) is 2.92. The third kappa shape index (κ3) is 4.68. The van der Waals surface area contributed by atoms with E-state index in [1.54, 1.807) is 15.6 Å². The first kappa shape index (κ1) is 19.0. The number of hydrogen-bond acceptors (Lipinski definition) is 7. The lowest BCUT2D eigenvalue weighted by Gasteiger charge is -2.36. The maximum atomic E-state index is 11.9. The number of piperidine rings is 1. The van der Waals surface area contributed by atoms with E-state index in [2.05, 4.69) is 31.0 Å². The smallest absolute Gasteiger partial charge is 0.241 e. The van der Waals surface area contributed by atoms with Gasteiger partial charge in [-0.1, -0.05) is 12.1 Å². The van der Waals surface area contributed by atoms with Gasteiger partial charge in [-0.2, -0.15) is 9.29 Å². The summed E-state index contributed by atoms with van der Waals surface area (Å²) < 4.78 is 31.7. The summed E-state index contributed by atoms with van der Waals surface area (Å²) in [6.45, 7) is 4.64. The van der Waals surface area contributed by atoms with Crippen molar-refractivity contribution in [3.05, 3.63) is 21.8 Å². The molecule has 0 amide bonds. The highest BCUT2D eigenvalue weighted by Gasteiger charge is 2.29. The maximum Gasteiger partial charge on any atom is 0.241 e. The normalized spacial score (nSPS) is 17.4. The summed E-state index contributed by atoms with van der Waals surface area (Å²) in [7, 11) is -3.15. The molecule has 2 aromatic heterocycles. The first-order valence-corrected chi connectivity index (χ1v) is 11.6. The van der Waals surface area contributed by atoms with Gasteiger partial charge in [-0.15, -0.1) is 11.3 Å². The molecule has 1 saturated heterocycles. The van der Waals surface area contributed by atoms with Crippen molar-refractivity contribution >= 4 is 37.3 Å². The van der Waals surface area contributed by atoms with E-state index < -0.39 is 10.0 Å². The first-order valence-electron chi connectivity index (χ1n) is 8.14. The second kappa shape index (κ2) is 7.83. The van der Waals surface area contributed by atoms with E-state index in [4.69, 9.17) is 4.52 Å². The van der Waals surface area contributed by atoms with Gasteiger partial charge in [0.25, 0.3) is 0 Å². The van der Waals surface area contributed by atoms with E-state index in [1.807, 2.05) is 19.1 Å². The number of nitrogens with zero attached hydrogens (tertiary/aromatic N) is 4. The number of likely N-dealkylation sites (tertiary alicyclic amines) is 1. The van der Waals surface area contributed by atoms with Gasteiger partial charge in [0.15, 0.2) is 0 Å². The van der Waals surface area contributed by atoms with E-state index in [1.165, 1.54) is 6.26 Å². The first-order chi connectivity index (χ1) is 11.9. The standard InChI is InChI=1S/C15H21BrN4O3S2/c1-3-20(25(2,21)22)11-6-8-19(9-7-11)10-14-17-15(18-23-14)12-4-5-13(16)24-12/h4-5,11H,3,6-10H2,1-2H3. The summed E-state index contributed by atoms with van der Waals surface area (Å²) in [5.74, 6) is 1.20. The van der Waals surface area contributed by atoms with Gasteiger partial charge >= 0.3 is 0 Å². The van der Waals surface area contributed by atoms with Crippen LogP contribution in [-0.4, -0.2) is 59.7 Å². The summed E-state index contributed by atoms with van der Waals surface area (Å²) in [4.78, 5) is 7.66. The fourth-order valence-corrected chi connectivity index (χ4v) is 5.71. The molecule has 0 N–H and O–H groups in total. The summed E-state index contributed by atoms with van der Waals surface area (Å²) in [5.41, 5.74) is 0. The molecule has 10 heteroatoms. The Kier molecular flexibility index (Phi) is 5.94. The third-order valence-corrected chi connectivity index (χ3v) is 7.35. The van der Waals surface area contributed by atoms with Crippen LogP contribution in [0.5, 0.6) is 0 Å². The second-order valence-electron chi connectivity index (χ2n) is 6.09. The van der Waals surface area contributed by atoms with Crippen LogP contribution in [0.3, 0.4) is 0 Å². The van der Waals surface area contributed by atoms with Crippen molar-refractivity contribution in [2.45, 2.75) is 32.4 Å². The van der Waals surface area contributed by atoms with Crippen LogP contribution in [0.2, 0.25) is 0 Å². The van der Waals surface area contributed by atoms with Gasteiger partial charge < -0.3 is 4.52 Å². The molecule has 1 fully saturated rings. The van der Waals surface area contributed by atoms with Crippen molar-refractivity contribution in [1.29, 1.82) is 0 Å². The molecule has 0 atom stereocenters. The number of hydrogen-bond donors (Lipinski definition) is 0. The molecular formula is C15H21BrN4O3S2. The van der Waals surface area contributed by atoms with Crippen molar-refractivity contribution in [2.24, 2.45) is 0 Å². The number of halogens is 1. The van der Waals surface area contributed by atoms with Crippen LogP contribution in [0.4, 0.5) is 0 Å². The molecule has 1 aliphatic heterocycles. The zero-order valence-electron chi connectivity index (χ0n) is 14.2. The molecule has 3 rings (SSSR count). The monoisotopic (exact) mass is 448 g/mol. The van der Waals surface area contributed by atoms with E-state index >= 15 is 0 Å². The van der Waals surface area contributed by atoms with Gasteiger partial charge in [-0.25, -0.2) is 8.42 Å². The number of aromatic nitrogens is 2. The minimum atomic E-state index is -3.15. The highest BCUT2D eigenvalue weighted by molar-refractivity contribution is 9.11. The molecule has 0 aromatic carbocycles. The molecule has 0 unspecified atom stereocenters. The largest absolute Gasteiger partial charge is 0.338 e. The van der Waals surface area contributed by atoms with Gasteiger partial charge in [0.2, 0.25) is 21.7 Å². The van der Waals surface area contributed by atoms with E-state index in [0.29, 0.717) is 24.8 Å². The molecule has 2 aromatic rings. The third-order valence-electron chi connectivity index (χ3n) is 4.32. The zero-order chi connectivity index (χ0) is 18.0. The quantitative estimate of drug-likeness (QED) is 0.675. The Labute approximate surface area is 160 Å². The van der Waals surface area contributed by atoms with Crippen molar-refractivity contribution in [1.82, 2.24) is 19.3 Å². The second-order valence-corrected chi connectivity index (χ2v) is 10.5. The average molecular weight is 449 g/mol. The lowest BCUT2D eigenvalue weighted by molar-refractivity contribution is 0.143. The van der Waals surface area contributed by atoms with Crippen molar-refractivity contribution in [3.63, 3.8) is 0 Å². The Hall–Kier alpha value is -0.810. The minimum Gasteiger partial charge on any atom is -0.338 e. The van der Waals surface area contributed by atoms with E-state index in [9.17, 15) is 8.42 Å². The Morgan fingerprint density at radius 3 is 2.68 bits per heavy atom. The van der Waals surface area contributed by atoms with Gasteiger partial charge in [-0.05, 0) is 40.9 Å². The van der Waals surface area contributed by atoms with Crippen LogP contribution in [0, 0.1) is 0 Å². The molecule has 0 spiro atoms. The summed E-state index contributed by atoms with van der Waals surface area (Å²) in [6, 6.07) is 4.00. The predicted octanol–water partition coefficient (Wildman–Crippen LogP) is 2.81. The van der Waals surface area contributed by atoms with Gasteiger partial charge in [0.05, 0.1) is 21.5 Å². The SMILES string of the molecule is CCN(C1CCN(Cc2nc(-c3ccc(Br)s3)no2)CC1)S(C)(=O)=O. The van der Waals surface area contributed by atoms with Gasteiger partial charge in [0.1, 0.15) is 0 Å². The van der Waals surface area contributed by atoms with E-state index in [0.717, 1.165) is 34.6 Å². The number of thiophene rings is 1.